The van der Waals surface area contributed by atoms with E-state index in [0.717, 1.165) is 12.8 Å². The van der Waals surface area contributed by atoms with Crippen LogP contribution < -0.4 is 10.6 Å². The van der Waals surface area contributed by atoms with Crippen LogP contribution in [-0.2, 0) is 4.79 Å². The third kappa shape index (κ3) is 2.92. The molecule has 7 heteroatoms. The second-order valence-electron chi connectivity index (χ2n) is 5.48. The molecule has 2 rings (SSSR count). The molecule has 0 bridgehead atoms. The van der Waals surface area contributed by atoms with Gasteiger partial charge in [0, 0.05) is 12.2 Å². The van der Waals surface area contributed by atoms with Crippen molar-refractivity contribution in [2.24, 2.45) is 0 Å². The average Bonchev–Trinajstić information content (AvgIpc) is 2.98. The maximum Gasteiger partial charge on any atom is 0.329 e. The van der Waals surface area contributed by atoms with Crippen LogP contribution in [0.4, 0.5) is 10.5 Å². The standard InChI is InChI=1S/C13H20N4O3/c1-9(2)17-8-10(7-14-17)15-12(20)16-13(11(18)19)5-3-4-6-13/h7-9H,3-6H2,1-2H3,(H,18,19)(H2,15,16,20). The molecule has 0 unspecified atom stereocenters. The van der Waals surface area contributed by atoms with E-state index in [-0.39, 0.29) is 6.04 Å². The van der Waals surface area contributed by atoms with E-state index in [1.807, 2.05) is 13.8 Å². The highest BCUT2D eigenvalue weighted by Crippen LogP contribution is 2.30. The van der Waals surface area contributed by atoms with Crippen LogP contribution in [0.5, 0.6) is 0 Å². The Labute approximate surface area is 117 Å². The van der Waals surface area contributed by atoms with Gasteiger partial charge < -0.3 is 15.7 Å². The minimum atomic E-state index is -1.13. The SMILES string of the molecule is CC(C)n1cc(NC(=O)NC2(C(=O)O)CCCC2)cn1. The molecule has 3 N–H and O–H groups in total. The van der Waals surface area contributed by atoms with Crippen molar-refractivity contribution >= 4 is 17.7 Å². The average molecular weight is 280 g/mol. The van der Waals surface area contributed by atoms with Gasteiger partial charge in [-0.3, -0.25) is 4.68 Å². The van der Waals surface area contributed by atoms with E-state index in [1.165, 1.54) is 0 Å². The Hall–Kier alpha value is -2.05. The summed E-state index contributed by atoms with van der Waals surface area (Å²) >= 11 is 0. The summed E-state index contributed by atoms with van der Waals surface area (Å²) in [4.78, 5) is 23.3. The lowest BCUT2D eigenvalue weighted by molar-refractivity contribution is -0.144. The van der Waals surface area contributed by atoms with Crippen molar-refractivity contribution in [2.75, 3.05) is 5.32 Å². The molecule has 110 valence electrons. The fraction of sp³-hybridized carbons (Fsp3) is 0.615. The summed E-state index contributed by atoms with van der Waals surface area (Å²) in [5.74, 6) is -0.969. The van der Waals surface area contributed by atoms with Gasteiger partial charge in [-0.1, -0.05) is 12.8 Å². The number of carbonyl (C=O) groups is 2. The molecule has 1 saturated carbocycles. The van der Waals surface area contributed by atoms with E-state index < -0.39 is 17.5 Å². The van der Waals surface area contributed by atoms with E-state index in [2.05, 4.69) is 15.7 Å². The van der Waals surface area contributed by atoms with Crippen LogP contribution in [0.2, 0.25) is 0 Å². The number of nitrogens with zero attached hydrogens (tertiary/aromatic N) is 2. The van der Waals surface area contributed by atoms with Crippen molar-refractivity contribution in [3.8, 4) is 0 Å². The quantitative estimate of drug-likeness (QED) is 0.785. The molecule has 7 nitrogen and oxygen atoms in total. The van der Waals surface area contributed by atoms with Crippen molar-refractivity contribution in [2.45, 2.75) is 51.1 Å². The molecule has 0 aromatic carbocycles. The zero-order valence-electron chi connectivity index (χ0n) is 11.7. The monoisotopic (exact) mass is 280 g/mol. The summed E-state index contributed by atoms with van der Waals surface area (Å²) in [6.07, 6.45) is 5.84. The molecule has 0 spiro atoms. The van der Waals surface area contributed by atoms with Crippen LogP contribution in [0.1, 0.15) is 45.6 Å². The lowest BCUT2D eigenvalue weighted by Gasteiger charge is -2.25. The first-order chi connectivity index (χ1) is 9.43. The molecule has 0 atom stereocenters. The molecule has 1 fully saturated rings. The number of nitrogens with one attached hydrogen (secondary N) is 2. The molecule has 0 aliphatic heterocycles. The first-order valence-electron chi connectivity index (χ1n) is 6.80. The molecule has 1 aliphatic rings. The van der Waals surface area contributed by atoms with Crippen LogP contribution in [0, 0.1) is 0 Å². The van der Waals surface area contributed by atoms with Crippen molar-refractivity contribution < 1.29 is 14.7 Å². The highest BCUT2D eigenvalue weighted by molar-refractivity contribution is 5.93. The Morgan fingerprint density at radius 3 is 2.55 bits per heavy atom. The van der Waals surface area contributed by atoms with Crippen LogP contribution in [0.25, 0.3) is 0 Å². The van der Waals surface area contributed by atoms with Crippen LogP contribution in [-0.4, -0.2) is 32.4 Å². The van der Waals surface area contributed by atoms with Gasteiger partial charge in [-0.05, 0) is 26.7 Å². The maximum absolute atomic E-state index is 11.9. The summed E-state index contributed by atoms with van der Waals surface area (Å²) in [6, 6.07) is -0.300. The highest BCUT2D eigenvalue weighted by Gasteiger charge is 2.42. The molecule has 1 aliphatic carbocycles. The zero-order chi connectivity index (χ0) is 14.8. The van der Waals surface area contributed by atoms with Gasteiger partial charge in [-0.25, -0.2) is 9.59 Å². The second-order valence-corrected chi connectivity index (χ2v) is 5.48. The number of amides is 2. The predicted octanol–water partition coefficient (Wildman–Crippen LogP) is 1.98. The number of rotatable bonds is 4. The minimum Gasteiger partial charge on any atom is -0.480 e. The topological polar surface area (TPSA) is 96.2 Å². The normalized spacial score (nSPS) is 17.1. The molecular weight excluding hydrogens is 260 g/mol. The number of hydrogen-bond acceptors (Lipinski definition) is 3. The van der Waals surface area contributed by atoms with Gasteiger partial charge in [0.2, 0.25) is 0 Å². The first kappa shape index (κ1) is 14.4. The Kier molecular flexibility index (Phi) is 3.96. The van der Waals surface area contributed by atoms with Crippen LogP contribution >= 0.6 is 0 Å². The van der Waals surface area contributed by atoms with E-state index >= 15 is 0 Å². The Balaban J connectivity index is 1.99. The Morgan fingerprint density at radius 2 is 2.05 bits per heavy atom. The van der Waals surface area contributed by atoms with Gasteiger partial charge in [-0.2, -0.15) is 5.10 Å². The maximum atomic E-state index is 11.9. The molecule has 2 amide bonds. The van der Waals surface area contributed by atoms with Gasteiger partial charge in [0.15, 0.2) is 0 Å². The number of carboxylic acids is 1. The van der Waals surface area contributed by atoms with Gasteiger partial charge in [0.25, 0.3) is 0 Å². The molecular formula is C13H20N4O3. The van der Waals surface area contributed by atoms with Gasteiger partial charge in [-0.15, -0.1) is 0 Å². The number of hydrogen-bond donors (Lipinski definition) is 3. The lowest BCUT2D eigenvalue weighted by Crippen LogP contribution is -2.53. The predicted molar refractivity (Wildman–Crippen MR) is 73.6 cm³/mol. The number of carbonyl (C=O) groups excluding carboxylic acids is 1. The van der Waals surface area contributed by atoms with E-state index in [1.54, 1.807) is 17.1 Å². The minimum absolute atomic E-state index is 0.203. The van der Waals surface area contributed by atoms with Crippen LogP contribution in [0.3, 0.4) is 0 Å². The van der Waals surface area contributed by atoms with E-state index in [0.29, 0.717) is 18.5 Å². The van der Waals surface area contributed by atoms with E-state index in [4.69, 9.17) is 0 Å². The third-order valence-electron chi connectivity index (χ3n) is 3.61. The number of urea groups is 1. The number of anilines is 1. The largest absolute Gasteiger partial charge is 0.480 e. The zero-order valence-corrected chi connectivity index (χ0v) is 11.7. The molecule has 1 heterocycles. The Bertz CT molecular complexity index is 503. The van der Waals surface area contributed by atoms with Crippen molar-refractivity contribution in [3.05, 3.63) is 12.4 Å². The van der Waals surface area contributed by atoms with Gasteiger partial charge in [0.1, 0.15) is 5.54 Å². The van der Waals surface area contributed by atoms with Crippen molar-refractivity contribution in [1.82, 2.24) is 15.1 Å². The van der Waals surface area contributed by atoms with E-state index in [9.17, 15) is 14.7 Å². The summed E-state index contributed by atoms with van der Waals surface area (Å²) in [6.45, 7) is 3.96. The number of aromatic nitrogens is 2. The van der Waals surface area contributed by atoms with Crippen molar-refractivity contribution in [3.63, 3.8) is 0 Å². The highest BCUT2D eigenvalue weighted by atomic mass is 16.4. The summed E-state index contributed by atoms with van der Waals surface area (Å²) < 4.78 is 1.72. The first-order valence-corrected chi connectivity index (χ1v) is 6.80. The number of aliphatic carboxylic acids is 1. The molecule has 1 aromatic heterocycles. The molecule has 0 saturated heterocycles. The van der Waals surface area contributed by atoms with Gasteiger partial charge in [0.05, 0.1) is 11.9 Å². The summed E-state index contributed by atoms with van der Waals surface area (Å²) in [5, 5.41) is 18.6. The smallest absolute Gasteiger partial charge is 0.329 e. The molecule has 0 radical (unpaired) electrons. The third-order valence-corrected chi connectivity index (χ3v) is 3.61. The molecule has 20 heavy (non-hydrogen) atoms. The lowest BCUT2D eigenvalue weighted by atomic mass is 9.98. The Morgan fingerprint density at radius 1 is 1.40 bits per heavy atom. The summed E-state index contributed by atoms with van der Waals surface area (Å²) in [7, 11) is 0. The summed E-state index contributed by atoms with van der Waals surface area (Å²) in [5.41, 5.74) is -0.576. The fourth-order valence-electron chi connectivity index (χ4n) is 2.44. The second kappa shape index (κ2) is 5.52. The van der Waals surface area contributed by atoms with Gasteiger partial charge >= 0.3 is 12.0 Å². The fourth-order valence-corrected chi connectivity index (χ4v) is 2.44. The van der Waals surface area contributed by atoms with Crippen LogP contribution in [0.15, 0.2) is 12.4 Å². The molecule has 1 aromatic rings. The number of carboxylic acid groups (broad SMARTS) is 1. The van der Waals surface area contributed by atoms with Crippen molar-refractivity contribution in [1.29, 1.82) is 0 Å².